The largest absolute Gasteiger partial charge is 0.493 e. The summed E-state index contributed by atoms with van der Waals surface area (Å²) in [5, 5.41) is 8.84. The fourth-order valence-corrected chi connectivity index (χ4v) is 1.37. The SMILES string of the molecule is COc1ccc(CC(N)CO)cc1OC. The van der Waals surface area contributed by atoms with E-state index in [2.05, 4.69) is 0 Å². The number of ether oxygens (including phenoxy) is 2. The molecule has 3 N–H and O–H groups in total. The van der Waals surface area contributed by atoms with Crippen molar-refractivity contribution in [3.8, 4) is 11.5 Å². The fourth-order valence-electron chi connectivity index (χ4n) is 1.37. The van der Waals surface area contributed by atoms with Gasteiger partial charge in [0.15, 0.2) is 11.5 Å². The number of benzene rings is 1. The van der Waals surface area contributed by atoms with Gasteiger partial charge in [-0.3, -0.25) is 0 Å². The van der Waals surface area contributed by atoms with Crippen molar-refractivity contribution in [3.05, 3.63) is 23.8 Å². The molecule has 4 nitrogen and oxygen atoms in total. The molecule has 1 rings (SSSR count). The minimum atomic E-state index is -0.233. The van der Waals surface area contributed by atoms with Gasteiger partial charge in [0.2, 0.25) is 0 Å². The smallest absolute Gasteiger partial charge is 0.160 e. The van der Waals surface area contributed by atoms with Crippen molar-refractivity contribution in [2.24, 2.45) is 5.73 Å². The van der Waals surface area contributed by atoms with Gasteiger partial charge in [0.25, 0.3) is 0 Å². The highest BCUT2D eigenvalue weighted by Crippen LogP contribution is 2.27. The normalized spacial score (nSPS) is 12.3. The Bertz CT molecular complexity index is 315. The van der Waals surface area contributed by atoms with Crippen LogP contribution in [0.2, 0.25) is 0 Å². The van der Waals surface area contributed by atoms with Crippen molar-refractivity contribution in [2.75, 3.05) is 20.8 Å². The van der Waals surface area contributed by atoms with E-state index in [9.17, 15) is 0 Å². The Morgan fingerprint density at radius 3 is 2.47 bits per heavy atom. The lowest BCUT2D eigenvalue weighted by Gasteiger charge is -2.11. The van der Waals surface area contributed by atoms with Gasteiger partial charge in [-0.05, 0) is 24.1 Å². The number of nitrogens with two attached hydrogens (primary N) is 1. The molecule has 15 heavy (non-hydrogen) atoms. The van der Waals surface area contributed by atoms with Crippen molar-refractivity contribution in [1.82, 2.24) is 0 Å². The minimum absolute atomic E-state index is 0.0195. The molecular weight excluding hydrogens is 194 g/mol. The molecule has 0 aliphatic heterocycles. The van der Waals surface area contributed by atoms with E-state index >= 15 is 0 Å². The van der Waals surface area contributed by atoms with Gasteiger partial charge in [-0.25, -0.2) is 0 Å². The number of methoxy groups -OCH3 is 2. The first-order valence-electron chi connectivity index (χ1n) is 4.78. The molecule has 0 amide bonds. The van der Waals surface area contributed by atoms with Crippen LogP contribution in [-0.4, -0.2) is 32.0 Å². The second-order valence-electron chi connectivity index (χ2n) is 3.34. The van der Waals surface area contributed by atoms with Crippen molar-refractivity contribution >= 4 is 0 Å². The Balaban J connectivity index is 2.83. The van der Waals surface area contributed by atoms with Crippen molar-refractivity contribution < 1.29 is 14.6 Å². The topological polar surface area (TPSA) is 64.7 Å². The Kier molecular flexibility index (Phi) is 4.39. The number of hydrogen-bond acceptors (Lipinski definition) is 4. The summed E-state index contributed by atoms with van der Waals surface area (Å²) in [5.74, 6) is 1.37. The summed E-state index contributed by atoms with van der Waals surface area (Å²) in [4.78, 5) is 0. The van der Waals surface area contributed by atoms with E-state index < -0.39 is 0 Å². The molecule has 0 bridgehead atoms. The number of hydrogen-bond donors (Lipinski definition) is 2. The fraction of sp³-hybridized carbons (Fsp3) is 0.455. The first-order valence-corrected chi connectivity index (χ1v) is 4.78. The van der Waals surface area contributed by atoms with Gasteiger partial charge in [-0.2, -0.15) is 0 Å². The second kappa shape index (κ2) is 5.58. The predicted octanol–water partition coefficient (Wildman–Crippen LogP) is 0.566. The highest BCUT2D eigenvalue weighted by Gasteiger charge is 2.07. The van der Waals surface area contributed by atoms with E-state index in [1.54, 1.807) is 14.2 Å². The maximum Gasteiger partial charge on any atom is 0.160 e. The average molecular weight is 211 g/mol. The summed E-state index contributed by atoms with van der Waals surface area (Å²) in [6.45, 7) is -0.0195. The molecule has 0 saturated carbocycles. The van der Waals surface area contributed by atoms with Crippen LogP contribution in [0.3, 0.4) is 0 Å². The Morgan fingerprint density at radius 1 is 1.27 bits per heavy atom. The Morgan fingerprint density at radius 2 is 1.93 bits per heavy atom. The third-order valence-corrected chi connectivity index (χ3v) is 2.18. The molecule has 1 aromatic rings. The quantitative estimate of drug-likeness (QED) is 0.747. The lowest BCUT2D eigenvalue weighted by Crippen LogP contribution is -2.26. The van der Waals surface area contributed by atoms with Crippen LogP contribution in [0.25, 0.3) is 0 Å². The molecule has 0 aliphatic rings. The molecule has 0 heterocycles. The summed E-state index contributed by atoms with van der Waals surface area (Å²) in [6, 6.07) is 5.38. The molecule has 0 aromatic heterocycles. The molecular formula is C11H17NO3. The highest BCUT2D eigenvalue weighted by molar-refractivity contribution is 5.43. The van der Waals surface area contributed by atoms with E-state index in [0.717, 1.165) is 5.56 Å². The van der Waals surface area contributed by atoms with Crippen LogP contribution in [0.5, 0.6) is 11.5 Å². The van der Waals surface area contributed by atoms with Crippen LogP contribution in [0.4, 0.5) is 0 Å². The second-order valence-corrected chi connectivity index (χ2v) is 3.34. The lowest BCUT2D eigenvalue weighted by molar-refractivity contribution is 0.265. The van der Waals surface area contributed by atoms with Gasteiger partial charge in [0.1, 0.15) is 0 Å². The molecule has 84 valence electrons. The Hall–Kier alpha value is -1.26. The van der Waals surface area contributed by atoms with Crippen LogP contribution in [0, 0.1) is 0 Å². The minimum Gasteiger partial charge on any atom is -0.493 e. The van der Waals surface area contributed by atoms with Gasteiger partial charge in [-0.15, -0.1) is 0 Å². The summed E-state index contributed by atoms with van der Waals surface area (Å²) in [7, 11) is 3.19. The molecule has 0 saturated heterocycles. The molecule has 1 aromatic carbocycles. The van der Waals surface area contributed by atoms with E-state index in [-0.39, 0.29) is 12.6 Å². The van der Waals surface area contributed by atoms with Crippen molar-refractivity contribution in [2.45, 2.75) is 12.5 Å². The molecule has 0 radical (unpaired) electrons. The maximum absolute atomic E-state index is 8.84. The van der Waals surface area contributed by atoms with E-state index in [4.69, 9.17) is 20.3 Å². The molecule has 1 unspecified atom stereocenters. The van der Waals surface area contributed by atoms with E-state index in [0.29, 0.717) is 17.9 Å². The monoisotopic (exact) mass is 211 g/mol. The number of aliphatic hydroxyl groups is 1. The van der Waals surface area contributed by atoms with Crippen LogP contribution in [0.15, 0.2) is 18.2 Å². The van der Waals surface area contributed by atoms with Gasteiger partial charge in [0, 0.05) is 6.04 Å². The summed E-state index contributed by atoms with van der Waals surface area (Å²) in [5.41, 5.74) is 6.67. The lowest BCUT2D eigenvalue weighted by atomic mass is 10.1. The third-order valence-electron chi connectivity index (χ3n) is 2.18. The van der Waals surface area contributed by atoms with E-state index in [1.807, 2.05) is 18.2 Å². The maximum atomic E-state index is 8.84. The zero-order valence-corrected chi connectivity index (χ0v) is 9.06. The van der Waals surface area contributed by atoms with Crippen LogP contribution in [-0.2, 0) is 6.42 Å². The molecule has 4 heteroatoms. The van der Waals surface area contributed by atoms with Crippen LogP contribution < -0.4 is 15.2 Å². The van der Waals surface area contributed by atoms with E-state index in [1.165, 1.54) is 0 Å². The van der Waals surface area contributed by atoms with Crippen LogP contribution in [0.1, 0.15) is 5.56 Å². The molecule has 0 fully saturated rings. The van der Waals surface area contributed by atoms with Gasteiger partial charge < -0.3 is 20.3 Å². The number of aliphatic hydroxyl groups excluding tert-OH is 1. The molecule has 1 atom stereocenters. The van der Waals surface area contributed by atoms with Gasteiger partial charge in [0.05, 0.1) is 20.8 Å². The average Bonchev–Trinajstić information content (AvgIpc) is 2.28. The van der Waals surface area contributed by atoms with Gasteiger partial charge >= 0.3 is 0 Å². The molecule has 0 aliphatic carbocycles. The highest BCUT2D eigenvalue weighted by atomic mass is 16.5. The summed E-state index contributed by atoms with van der Waals surface area (Å²) in [6.07, 6.45) is 0.622. The third kappa shape index (κ3) is 3.11. The summed E-state index contributed by atoms with van der Waals surface area (Å²) < 4.78 is 10.3. The number of rotatable bonds is 5. The molecule has 0 spiro atoms. The first-order chi connectivity index (χ1) is 7.21. The summed E-state index contributed by atoms with van der Waals surface area (Å²) >= 11 is 0. The predicted molar refractivity (Wildman–Crippen MR) is 58.3 cm³/mol. The van der Waals surface area contributed by atoms with Crippen molar-refractivity contribution in [1.29, 1.82) is 0 Å². The van der Waals surface area contributed by atoms with Crippen LogP contribution >= 0.6 is 0 Å². The Labute approximate surface area is 89.6 Å². The van der Waals surface area contributed by atoms with Gasteiger partial charge in [-0.1, -0.05) is 6.07 Å². The zero-order chi connectivity index (χ0) is 11.3. The standard InChI is InChI=1S/C11H17NO3/c1-14-10-4-3-8(5-9(12)7-13)6-11(10)15-2/h3-4,6,9,13H,5,7,12H2,1-2H3. The zero-order valence-electron chi connectivity index (χ0n) is 9.06. The first kappa shape index (κ1) is 11.8. The van der Waals surface area contributed by atoms with Crippen molar-refractivity contribution in [3.63, 3.8) is 0 Å².